The lowest BCUT2D eigenvalue weighted by Crippen LogP contribution is -2.07. The van der Waals surface area contributed by atoms with Crippen molar-refractivity contribution in [1.82, 2.24) is 15.4 Å². The van der Waals surface area contributed by atoms with Gasteiger partial charge in [0.1, 0.15) is 11.5 Å². The van der Waals surface area contributed by atoms with Crippen molar-refractivity contribution in [3.8, 4) is 17.4 Å². The van der Waals surface area contributed by atoms with E-state index in [0.717, 1.165) is 25.0 Å². The molecule has 2 aromatic rings. The lowest BCUT2D eigenvalue weighted by atomic mass is 10.2. The lowest BCUT2D eigenvalue weighted by molar-refractivity contribution is -0.137. The fourth-order valence-electron chi connectivity index (χ4n) is 1.92. The second-order valence-electron chi connectivity index (χ2n) is 5.34. The van der Waals surface area contributed by atoms with E-state index in [4.69, 9.17) is 14.6 Å². The maximum absolute atomic E-state index is 13.0. The molecule has 1 aromatic carbocycles. The third-order valence-corrected chi connectivity index (χ3v) is 3.33. The molecule has 0 atom stereocenters. The first-order chi connectivity index (χ1) is 11.3. The summed E-state index contributed by atoms with van der Waals surface area (Å²) in [5, 5.41) is 17.7. The van der Waals surface area contributed by atoms with Gasteiger partial charge >= 0.3 is 12.1 Å². The lowest BCUT2D eigenvalue weighted by Gasteiger charge is -2.13. The Labute approximate surface area is 133 Å². The third kappa shape index (κ3) is 3.76. The van der Waals surface area contributed by atoms with E-state index in [1.807, 2.05) is 0 Å². The molecule has 0 saturated heterocycles. The third-order valence-electron chi connectivity index (χ3n) is 3.33. The van der Waals surface area contributed by atoms with Gasteiger partial charge in [-0.2, -0.15) is 13.2 Å². The van der Waals surface area contributed by atoms with Crippen molar-refractivity contribution in [3.05, 3.63) is 29.5 Å². The molecule has 0 amide bonds. The second kappa shape index (κ2) is 6.02. The van der Waals surface area contributed by atoms with E-state index in [-0.39, 0.29) is 11.5 Å². The van der Waals surface area contributed by atoms with Gasteiger partial charge in [-0.3, -0.25) is 0 Å². The van der Waals surface area contributed by atoms with Crippen molar-refractivity contribution in [1.29, 1.82) is 0 Å². The Morgan fingerprint density at radius 1 is 1.29 bits per heavy atom. The molecule has 0 bridgehead atoms. The highest BCUT2D eigenvalue weighted by atomic mass is 19.4. The van der Waals surface area contributed by atoms with E-state index in [0.29, 0.717) is 12.5 Å². The highest BCUT2D eigenvalue weighted by Crippen LogP contribution is 2.37. The SMILES string of the molecule is O=C(O)c1[nH]nnc1Oc1cc(OCC2CC2)cc(C(F)(F)F)c1. The van der Waals surface area contributed by atoms with Crippen LogP contribution in [-0.4, -0.2) is 33.1 Å². The summed E-state index contributed by atoms with van der Waals surface area (Å²) in [4.78, 5) is 11.0. The average Bonchev–Trinajstić information content (AvgIpc) is 3.21. The predicted molar refractivity (Wildman–Crippen MR) is 73.1 cm³/mol. The number of hydrogen-bond acceptors (Lipinski definition) is 5. The van der Waals surface area contributed by atoms with Gasteiger partial charge in [0.15, 0.2) is 0 Å². The zero-order valence-electron chi connectivity index (χ0n) is 12.1. The molecular weight excluding hydrogens is 331 g/mol. The van der Waals surface area contributed by atoms with Gasteiger partial charge in [0.25, 0.3) is 5.88 Å². The first kappa shape index (κ1) is 16.1. The van der Waals surface area contributed by atoms with Crippen LogP contribution in [-0.2, 0) is 6.18 Å². The number of hydrogen-bond donors (Lipinski definition) is 2. The number of nitrogens with one attached hydrogen (secondary N) is 1. The number of nitrogens with zero attached hydrogens (tertiary/aromatic N) is 2. The van der Waals surface area contributed by atoms with E-state index in [1.54, 1.807) is 0 Å². The zero-order valence-corrected chi connectivity index (χ0v) is 12.1. The van der Waals surface area contributed by atoms with Gasteiger partial charge in [-0.25, -0.2) is 9.89 Å². The Morgan fingerprint density at radius 2 is 2.00 bits per heavy atom. The van der Waals surface area contributed by atoms with Crippen molar-refractivity contribution in [2.45, 2.75) is 19.0 Å². The molecule has 2 N–H and O–H groups in total. The molecule has 0 aliphatic heterocycles. The van der Waals surface area contributed by atoms with E-state index < -0.39 is 29.3 Å². The van der Waals surface area contributed by atoms with Crippen LogP contribution >= 0.6 is 0 Å². The van der Waals surface area contributed by atoms with Gasteiger partial charge < -0.3 is 14.6 Å². The smallest absolute Gasteiger partial charge is 0.416 e. The largest absolute Gasteiger partial charge is 0.493 e. The molecule has 1 aromatic heterocycles. The molecule has 0 radical (unpaired) electrons. The van der Waals surface area contributed by atoms with Crippen LogP contribution in [0.2, 0.25) is 0 Å². The van der Waals surface area contributed by atoms with Gasteiger partial charge in [-0.05, 0) is 30.9 Å². The summed E-state index contributed by atoms with van der Waals surface area (Å²) in [6, 6.07) is 2.86. The molecule has 3 rings (SSSR count). The van der Waals surface area contributed by atoms with Crippen molar-refractivity contribution in [2.75, 3.05) is 6.61 Å². The molecule has 1 saturated carbocycles. The Hall–Kier alpha value is -2.78. The summed E-state index contributed by atoms with van der Waals surface area (Å²) in [7, 11) is 0. The van der Waals surface area contributed by atoms with E-state index in [2.05, 4.69) is 15.4 Å². The molecule has 0 unspecified atom stereocenters. The van der Waals surface area contributed by atoms with Crippen LogP contribution in [0.25, 0.3) is 0 Å². The Balaban J connectivity index is 1.88. The number of carboxylic acids is 1. The number of rotatable bonds is 6. The Kier molecular flexibility index (Phi) is 4.04. The predicted octanol–water partition coefficient (Wildman–Crippen LogP) is 3.10. The molecule has 1 aliphatic rings. The van der Waals surface area contributed by atoms with Crippen molar-refractivity contribution >= 4 is 5.97 Å². The van der Waals surface area contributed by atoms with Crippen molar-refractivity contribution in [2.24, 2.45) is 5.92 Å². The Morgan fingerprint density at radius 3 is 2.62 bits per heavy atom. The van der Waals surface area contributed by atoms with Crippen LogP contribution < -0.4 is 9.47 Å². The maximum atomic E-state index is 13.0. The van der Waals surface area contributed by atoms with E-state index in [1.165, 1.54) is 6.07 Å². The number of alkyl halides is 3. The fraction of sp³-hybridized carbons (Fsp3) is 0.357. The minimum absolute atomic E-state index is 0.00732. The first-order valence-electron chi connectivity index (χ1n) is 7.00. The number of ether oxygens (including phenoxy) is 2. The summed E-state index contributed by atoms with van der Waals surface area (Å²) in [6.07, 6.45) is -2.62. The highest BCUT2D eigenvalue weighted by molar-refractivity contribution is 5.87. The number of benzene rings is 1. The van der Waals surface area contributed by atoms with Gasteiger partial charge in [0.05, 0.1) is 12.2 Å². The first-order valence-corrected chi connectivity index (χ1v) is 7.00. The molecule has 0 spiro atoms. The average molecular weight is 343 g/mol. The Bertz CT molecular complexity index is 756. The topological polar surface area (TPSA) is 97.3 Å². The molecular formula is C14H12F3N3O4. The summed E-state index contributed by atoms with van der Waals surface area (Å²) >= 11 is 0. The second-order valence-corrected chi connectivity index (χ2v) is 5.34. The van der Waals surface area contributed by atoms with Crippen molar-refractivity contribution < 1.29 is 32.5 Å². The standard InChI is InChI=1S/C14H12F3N3O4/c15-14(16,17)8-3-9(23-6-7-1-2-7)5-10(4-8)24-12-11(13(21)22)18-20-19-12/h3-5,7H,1-2,6H2,(H,21,22)(H,18,19,20). The molecule has 10 heteroatoms. The number of aromatic nitrogens is 3. The monoisotopic (exact) mass is 343 g/mol. The van der Waals surface area contributed by atoms with E-state index in [9.17, 15) is 18.0 Å². The summed E-state index contributed by atoms with van der Waals surface area (Å²) in [6.45, 7) is 0.324. The minimum atomic E-state index is -4.60. The summed E-state index contributed by atoms with van der Waals surface area (Å²) < 4.78 is 49.5. The number of aromatic amines is 1. The van der Waals surface area contributed by atoms with Crippen LogP contribution in [0.3, 0.4) is 0 Å². The minimum Gasteiger partial charge on any atom is -0.493 e. The molecule has 1 aliphatic carbocycles. The van der Waals surface area contributed by atoms with Gasteiger partial charge in [-0.15, -0.1) is 0 Å². The van der Waals surface area contributed by atoms with Crippen LogP contribution in [0.1, 0.15) is 28.9 Å². The van der Waals surface area contributed by atoms with Crippen LogP contribution in [0, 0.1) is 5.92 Å². The zero-order chi connectivity index (χ0) is 17.3. The maximum Gasteiger partial charge on any atom is 0.416 e. The van der Waals surface area contributed by atoms with Crippen LogP contribution in [0.15, 0.2) is 18.2 Å². The van der Waals surface area contributed by atoms with Crippen molar-refractivity contribution in [3.63, 3.8) is 0 Å². The van der Waals surface area contributed by atoms with E-state index >= 15 is 0 Å². The van der Waals surface area contributed by atoms with Gasteiger partial charge in [0, 0.05) is 6.07 Å². The highest BCUT2D eigenvalue weighted by Gasteiger charge is 2.32. The summed E-state index contributed by atoms with van der Waals surface area (Å²) in [5.41, 5.74) is -1.43. The molecule has 128 valence electrons. The summed E-state index contributed by atoms with van der Waals surface area (Å²) in [5.74, 6) is -1.72. The fourth-order valence-corrected chi connectivity index (χ4v) is 1.92. The number of halogens is 3. The quantitative estimate of drug-likeness (QED) is 0.836. The van der Waals surface area contributed by atoms with Gasteiger partial charge in [0.2, 0.25) is 5.69 Å². The number of H-pyrrole nitrogens is 1. The van der Waals surface area contributed by atoms with Gasteiger partial charge in [-0.1, -0.05) is 10.3 Å². The number of carboxylic acid groups (broad SMARTS) is 1. The normalized spacial score (nSPS) is 14.5. The molecule has 24 heavy (non-hydrogen) atoms. The molecule has 1 fully saturated rings. The van der Waals surface area contributed by atoms with Crippen LogP contribution in [0.4, 0.5) is 13.2 Å². The molecule has 7 nitrogen and oxygen atoms in total. The van der Waals surface area contributed by atoms with Crippen LogP contribution in [0.5, 0.6) is 17.4 Å². The number of carbonyl (C=O) groups is 1. The molecule has 1 heterocycles. The number of aromatic carboxylic acids is 1.